The first-order valence-electron chi connectivity index (χ1n) is 9.50. The molecule has 0 spiro atoms. The van der Waals surface area contributed by atoms with Crippen LogP contribution < -0.4 is 4.74 Å². The molecule has 1 aliphatic heterocycles. The average molecular weight is 417 g/mol. The Morgan fingerprint density at radius 3 is 2.23 bits per heavy atom. The molecule has 2 aromatic carbocycles. The second kappa shape index (κ2) is 9.47. The zero-order valence-electron chi connectivity index (χ0n) is 16.3. The molecule has 1 heterocycles. The molecule has 1 amide bonds. The van der Waals surface area contributed by atoms with Gasteiger partial charge in [-0.05, 0) is 55.3 Å². The molecule has 0 saturated carbocycles. The van der Waals surface area contributed by atoms with Gasteiger partial charge in [0.25, 0.3) is 0 Å². The van der Waals surface area contributed by atoms with Gasteiger partial charge in [-0.1, -0.05) is 12.1 Å². The van der Waals surface area contributed by atoms with Crippen molar-refractivity contribution in [3.05, 3.63) is 65.2 Å². The Morgan fingerprint density at radius 2 is 1.67 bits per heavy atom. The van der Waals surface area contributed by atoms with Crippen molar-refractivity contribution in [3.8, 4) is 5.75 Å². The Morgan fingerprint density at radius 1 is 1.03 bits per heavy atom. The molecule has 0 aromatic heterocycles. The summed E-state index contributed by atoms with van der Waals surface area (Å²) in [4.78, 5) is 38.2. The van der Waals surface area contributed by atoms with Crippen LogP contribution in [-0.2, 0) is 16.1 Å². The number of benzene rings is 2. The highest BCUT2D eigenvalue weighted by Gasteiger charge is 2.22. The van der Waals surface area contributed by atoms with E-state index in [2.05, 4.69) is 4.74 Å². The lowest BCUT2D eigenvalue weighted by Gasteiger charge is -2.16. The molecular weight excluding hydrogens is 396 g/mol. The minimum absolute atomic E-state index is 0.0677. The molecule has 1 atom stereocenters. The molecule has 0 N–H and O–H groups in total. The number of rotatable bonds is 8. The molecule has 30 heavy (non-hydrogen) atoms. The predicted octanol–water partition coefficient (Wildman–Crippen LogP) is 3.84. The quantitative estimate of drug-likeness (QED) is 0.482. The highest BCUT2D eigenvalue weighted by molar-refractivity contribution is 6.01. The molecule has 0 unspecified atom stereocenters. The van der Waals surface area contributed by atoms with E-state index in [9.17, 15) is 23.2 Å². The summed E-state index contributed by atoms with van der Waals surface area (Å²) in [5, 5.41) is 0. The lowest BCUT2D eigenvalue weighted by atomic mass is 10.1. The maximum absolute atomic E-state index is 12.4. The van der Waals surface area contributed by atoms with Crippen LogP contribution in [0, 0.1) is 0 Å². The van der Waals surface area contributed by atoms with Crippen molar-refractivity contribution < 1.29 is 32.6 Å². The average Bonchev–Trinajstić information content (AvgIpc) is 3.12. The molecule has 1 saturated heterocycles. The normalized spacial score (nSPS) is 14.7. The largest absolute Gasteiger partial charge is 0.451 e. The predicted molar refractivity (Wildman–Crippen MR) is 103 cm³/mol. The van der Waals surface area contributed by atoms with E-state index in [1.807, 2.05) is 0 Å². The zero-order valence-corrected chi connectivity index (χ0v) is 16.3. The first-order valence-corrected chi connectivity index (χ1v) is 9.50. The van der Waals surface area contributed by atoms with E-state index < -0.39 is 24.5 Å². The Balaban J connectivity index is 1.56. The van der Waals surface area contributed by atoms with Crippen LogP contribution in [0.3, 0.4) is 0 Å². The van der Waals surface area contributed by atoms with Crippen LogP contribution in [0.5, 0.6) is 5.75 Å². The minimum Gasteiger partial charge on any atom is -0.451 e. The van der Waals surface area contributed by atoms with Crippen molar-refractivity contribution in [3.63, 3.8) is 0 Å². The number of carbonyl (C=O) groups is 3. The number of halogens is 2. The fraction of sp³-hybridized carbons (Fsp3) is 0.318. The number of carbonyl (C=O) groups excluding carboxylic acids is 3. The summed E-state index contributed by atoms with van der Waals surface area (Å²) in [6.45, 7) is -0.281. The number of hydrogen-bond acceptors (Lipinski definition) is 5. The molecule has 3 rings (SSSR count). The van der Waals surface area contributed by atoms with Gasteiger partial charge in [0.15, 0.2) is 6.10 Å². The van der Waals surface area contributed by atoms with Crippen molar-refractivity contribution in [1.29, 1.82) is 0 Å². The number of likely N-dealkylation sites (tertiary alicyclic amines) is 1. The van der Waals surface area contributed by atoms with Gasteiger partial charge in [0.05, 0.1) is 5.56 Å². The summed E-state index contributed by atoms with van der Waals surface area (Å²) in [5.41, 5.74) is 1.39. The smallest absolute Gasteiger partial charge is 0.387 e. The van der Waals surface area contributed by atoms with Gasteiger partial charge in [-0.2, -0.15) is 8.78 Å². The van der Waals surface area contributed by atoms with Gasteiger partial charge in [-0.15, -0.1) is 0 Å². The number of Topliss-reactive ketones (excluding diaryl/α,β-unsaturated/α-hetero) is 1. The molecule has 158 valence electrons. The number of esters is 1. The van der Waals surface area contributed by atoms with Crippen molar-refractivity contribution >= 4 is 17.7 Å². The van der Waals surface area contributed by atoms with Gasteiger partial charge in [-0.25, -0.2) is 4.79 Å². The molecular formula is C22H21F2NO5. The van der Waals surface area contributed by atoms with E-state index >= 15 is 0 Å². The Hall–Kier alpha value is -3.29. The number of nitrogens with zero attached hydrogens (tertiary/aromatic N) is 1. The molecule has 1 aliphatic rings. The van der Waals surface area contributed by atoms with Gasteiger partial charge in [0.1, 0.15) is 5.75 Å². The first-order chi connectivity index (χ1) is 14.3. The summed E-state index contributed by atoms with van der Waals surface area (Å²) in [5.74, 6) is -1.06. The molecule has 8 heteroatoms. The molecule has 1 fully saturated rings. The third-order valence-corrected chi connectivity index (χ3v) is 4.75. The number of alkyl halides is 2. The fourth-order valence-corrected chi connectivity index (χ4v) is 3.16. The zero-order chi connectivity index (χ0) is 21.7. The lowest BCUT2D eigenvalue weighted by molar-refractivity contribution is -0.128. The first kappa shape index (κ1) is 21.4. The summed E-state index contributed by atoms with van der Waals surface area (Å²) in [7, 11) is 0. The summed E-state index contributed by atoms with van der Waals surface area (Å²) in [6.07, 6.45) is 0.372. The second-order valence-corrected chi connectivity index (χ2v) is 6.93. The Kier molecular flexibility index (Phi) is 6.76. The molecule has 6 nitrogen and oxygen atoms in total. The third kappa shape index (κ3) is 5.40. The standard InChI is InChI=1S/C22H21F2NO5/c1-14(20(27)16-8-10-18(11-9-16)30-22(23)24)29-21(28)17-6-4-15(5-7-17)13-25-12-2-3-19(25)26/h4-11,14,22H,2-3,12-13H2,1H3/t14-/m1/s1. The van der Waals surface area contributed by atoms with Crippen molar-refractivity contribution in [2.75, 3.05) is 6.54 Å². The fourth-order valence-electron chi connectivity index (χ4n) is 3.16. The molecule has 0 radical (unpaired) electrons. The molecule has 0 aliphatic carbocycles. The van der Waals surface area contributed by atoms with E-state index in [-0.39, 0.29) is 22.8 Å². The third-order valence-electron chi connectivity index (χ3n) is 4.75. The van der Waals surface area contributed by atoms with Crippen LogP contribution in [0.4, 0.5) is 8.78 Å². The van der Waals surface area contributed by atoms with E-state index in [0.29, 0.717) is 13.0 Å². The van der Waals surface area contributed by atoms with Crippen LogP contribution in [0.2, 0.25) is 0 Å². The maximum atomic E-state index is 12.4. The summed E-state index contributed by atoms with van der Waals surface area (Å²) >= 11 is 0. The van der Waals surface area contributed by atoms with Crippen molar-refractivity contribution in [1.82, 2.24) is 4.90 Å². The SMILES string of the molecule is C[C@@H](OC(=O)c1ccc(CN2CCCC2=O)cc1)C(=O)c1ccc(OC(F)F)cc1. The van der Waals surface area contributed by atoms with Crippen LogP contribution in [0.15, 0.2) is 48.5 Å². The lowest BCUT2D eigenvalue weighted by Crippen LogP contribution is -2.25. The van der Waals surface area contributed by atoms with E-state index in [4.69, 9.17) is 4.74 Å². The number of hydrogen-bond donors (Lipinski definition) is 0. The maximum Gasteiger partial charge on any atom is 0.387 e. The molecule has 2 aromatic rings. The van der Waals surface area contributed by atoms with Gasteiger partial charge < -0.3 is 14.4 Å². The number of ketones is 1. The highest BCUT2D eigenvalue weighted by Crippen LogP contribution is 2.18. The van der Waals surface area contributed by atoms with Gasteiger partial charge >= 0.3 is 12.6 Å². The van der Waals surface area contributed by atoms with Crippen LogP contribution in [0.25, 0.3) is 0 Å². The van der Waals surface area contributed by atoms with Gasteiger partial charge in [0, 0.05) is 25.1 Å². The van der Waals surface area contributed by atoms with Gasteiger partial charge in [-0.3, -0.25) is 9.59 Å². The Bertz CT molecular complexity index is 912. The molecule has 0 bridgehead atoms. The minimum atomic E-state index is -2.95. The van der Waals surface area contributed by atoms with Crippen molar-refractivity contribution in [2.45, 2.75) is 39.0 Å². The monoisotopic (exact) mass is 417 g/mol. The van der Waals surface area contributed by atoms with Crippen LogP contribution >= 0.6 is 0 Å². The number of ether oxygens (including phenoxy) is 2. The summed E-state index contributed by atoms with van der Waals surface area (Å²) in [6, 6.07) is 11.8. The summed E-state index contributed by atoms with van der Waals surface area (Å²) < 4.78 is 33.9. The van der Waals surface area contributed by atoms with E-state index in [0.717, 1.165) is 18.5 Å². The Labute approximate surface area is 172 Å². The number of amides is 1. The second-order valence-electron chi connectivity index (χ2n) is 6.93. The topological polar surface area (TPSA) is 72.9 Å². The van der Waals surface area contributed by atoms with E-state index in [1.54, 1.807) is 29.2 Å². The van der Waals surface area contributed by atoms with Crippen LogP contribution in [-0.4, -0.2) is 41.8 Å². The van der Waals surface area contributed by atoms with Crippen molar-refractivity contribution in [2.24, 2.45) is 0 Å². The van der Waals surface area contributed by atoms with E-state index in [1.165, 1.54) is 31.2 Å². The van der Waals surface area contributed by atoms with Gasteiger partial charge in [0.2, 0.25) is 11.7 Å². The van der Waals surface area contributed by atoms with Crippen LogP contribution in [0.1, 0.15) is 46.0 Å². The highest BCUT2D eigenvalue weighted by atomic mass is 19.3.